The minimum atomic E-state index is -0.308. The van der Waals surface area contributed by atoms with Crippen molar-refractivity contribution < 1.29 is 28.3 Å². The van der Waals surface area contributed by atoms with E-state index in [1.165, 1.54) is 36.7 Å². The van der Waals surface area contributed by atoms with Crippen LogP contribution in [0.5, 0.6) is 0 Å². The summed E-state index contributed by atoms with van der Waals surface area (Å²) in [6.45, 7) is 1.48. The maximum atomic E-state index is 13.3. The van der Waals surface area contributed by atoms with E-state index in [0.717, 1.165) is 50.1 Å². The van der Waals surface area contributed by atoms with Gasteiger partial charge in [0.05, 0.1) is 13.1 Å². The Morgan fingerprint density at radius 3 is 1.39 bits per heavy atom. The molecule has 0 unspecified atom stereocenters. The van der Waals surface area contributed by atoms with Gasteiger partial charge in [-0.1, -0.05) is 10.3 Å². The molecule has 2 heterocycles. The van der Waals surface area contributed by atoms with E-state index in [0.29, 0.717) is 11.6 Å². The number of unbranched alkanes of at least 4 members (excludes halogenated alkanes) is 3. The van der Waals surface area contributed by atoms with Gasteiger partial charge in [0.25, 0.3) is 0 Å². The van der Waals surface area contributed by atoms with E-state index in [2.05, 4.69) is 10.3 Å². The van der Waals surface area contributed by atoms with Crippen molar-refractivity contribution >= 4 is 12.4 Å². The number of nitrogens with zero attached hydrogens (tertiary/aromatic N) is 6. The van der Waals surface area contributed by atoms with Crippen LogP contribution in [0.2, 0.25) is 0 Å². The van der Waals surface area contributed by atoms with E-state index in [1.807, 2.05) is 43.1 Å². The van der Waals surface area contributed by atoms with Crippen molar-refractivity contribution in [1.29, 1.82) is 0 Å². The van der Waals surface area contributed by atoms with E-state index >= 15 is 0 Å². The predicted octanol–water partition coefficient (Wildman–Crippen LogP) is 4.00. The normalized spacial score (nSPS) is 11.7. The van der Waals surface area contributed by atoms with Crippen LogP contribution in [-0.2, 0) is 13.1 Å². The van der Waals surface area contributed by atoms with Gasteiger partial charge < -0.3 is 10.4 Å². The number of aromatic nitrogens is 4. The Hall–Kier alpha value is -4.34. The topological polar surface area (TPSA) is 82.8 Å². The van der Waals surface area contributed by atoms with Crippen molar-refractivity contribution in [3.05, 3.63) is 96.6 Å². The average molecular weight is 495 g/mol. The Kier molecular flexibility index (Phi) is 8.17. The molecule has 0 aliphatic rings. The largest absolute Gasteiger partial charge is 0.411 e. The van der Waals surface area contributed by atoms with Crippen molar-refractivity contribution in [2.75, 3.05) is 0 Å². The summed E-state index contributed by atoms with van der Waals surface area (Å²) < 4.78 is 34.2. The summed E-state index contributed by atoms with van der Waals surface area (Å²) in [7, 11) is 0. The first-order valence-electron chi connectivity index (χ1n) is 11.7. The van der Waals surface area contributed by atoms with E-state index in [1.54, 1.807) is 24.3 Å². The minimum Gasteiger partial charge on any atom is -0.411 e. The van der Waals surface area contributed by atoms with Gasteiger partial charge in [-0.3, -0.25) is 0 Å². The maximum Gasteiger partial charge on any atom is 0.308 e. The lowest BCUT2D eigenvalue weighted by Crippen LogP contribution is -2.37. The van der Waals surface area contributed by atoms with Gasteiger partial charge in [0.15, 0.2) is 12.4 Å². The van der Waals surface area contributed by atoms with E-state index in [4.69, 9.17) is 10.4 Å². The summed E-state index contributed by atoms with van der Waals surface area (Å²) in [4.78, 5) is 0. The Balaban J connectivity index is 1.32. The minimum absolute atomic E-state index is 0.308. The smallest absolute Gasteiger partial charge is 0.308 e. The van der Waals surface area contributed by atoms with Crippen molar-refractivity contribution in [2.45, 2.75) is 38.8 Å². The number of halogens is 2. The van der Waals surface area contributed by atoms with Gasteiger partial charge in [-0.05, 0) is 74.2 Å². The molecule has 0 amide bonds. The fourth-order valence-corrected chi connectivity index (χ4v) is 4.19. The van der Waals surface area contributed by atoms with Crippen LogP contribution in [0.3, 0.4) is 0 Å². The third-order valence-corrected chi connectivity index (χ3v) is 5.98. The Bertz CT molecular complexity index is 1220. The molecule has 0 aliphatic carbocycles. The predicted molar refractivity (Wildman–Crippen MR) is 129 cm³/mol. The van der Waals surface area contributed by atoms with Gasteiger partial charge in [0, 0.05) is 0 Å². The SMILES string of the molecule is O/N=C/c1n(-c2ccc(F)cc2)cc[n+]1CCCCCC[n+]1ccn(-c2ccc(F)cc2)c1/C=N/O. The van der Waals surface area contributed by atoms with Crippen molar-refractivity contribution in [1.82, 2.24) is 9.13 Å². The standard InChI is InChI=1S/C26H26F2N6O2/c27-21-5-9-23(10-6-21)33-17-15-31(25(33)19-29-35)13-3-1-2-4-14-32-16-18-34(26(32)20-30-36)24-11-7-22(28)8-12-24/h5-12,15-20H,1-4,13-14H2/p+2. The van der Waals surface area contributed by atoms with Crippen molar-refractivity contribution in [3.63, 3.8) is 0 Å². The highest BCUT2D eigenvalue weighted by atomic mass is 19.1. The molecular weight excluding hydrogens is 466 g/mol. The third-order valence-electron chi connectivity index (χ3n) is 5.98. The van der Waals surface area contributed by atoms with Crippen LogP contribution < -0.4 is 9.13 Å². The number of benzene rings is 2. The van der Waals surface area contributed by atoms with E-state index in [9.17, 15) is 8.78 Å². The lowest BCUT2D eigenvalue weighted by Gasteiger charge is -2.03. The van der Waals surface area contributed by atoms with Crippen molar-refractivity contribution in [2.24, 2.45) is 10.3 Å². The molecule has 186 valence electrons. The monoisotopic (exact) mass is 494 g/mol. The lowest BCUT2D eigenvalue weighted by atomic mass is 10.2. The zero-order valence-corrected chi connectivity index (χ0v) is 19.7. The molecule has 4 aromatic rings. The fraction of sp³-hybridized carbons (Fsp3) is 0.231. The highest BCUT2D eigenvalue weighted by Crippen LogP contribution is 2.12. The fourth-order valence-electron chi connectivity index (χ4n) is 4.19. The molecule has 0 radical (unpaired) electrons. The van der Waals surface area contributed by atoms with Gasteiger partial charge in [0.1, 0.15) is 47.8 Å². The molecule has 0 fully saturated rings. The Labute approximate surface area is 207 Å². The zero-order valence-electron chi connectivity index (χ0n) is 19.7. The molecular formula is C26H28F2N6O2+2. The number of aryl methyl sites for hydroxylation is 2. The molecule has 0 spiro atoms. The first-order valence-corrected chi connectivity index (χ1v) is 11.7. The molecule has 0 aliphatic heterocycles. The average Bonchev–Trinajstić information content (AvgIpc) is 3.47. The molecule has 2 N–H and O–H groups in total. The zero-order chi connectivity index (χ0) is 25.3. The summed E-state index contributed by atoms with van der Waals surface area (Å²) in [6.07, 6.45) is 14.1. The number of hydrogen-bond donors (Lipinski definition) is 2. The number of oxime groups is 2. The highest BCUT2D eigenvalue weighted by Gasteiger charge is 2.19. The van der Waals surface area contributed by atoms with Crippen LogP contribution in [-0.4, -0.2) is 32.0 Å². The van der Waals surface area contributed by atoms with Gasteiger partial charge in [-0.25, -0.2) is 17.9 Å². The molecule has 0 saturated heterocycles. The maximum absolute atomic E-state index is 13.3. The second-order valence-corrected chi connectivity index (χ2v) is 8.30. The molecule has 0 saturated carbocycles. The summed E-state index contributed by atoms with van der Waals surface area (Å²) >= 11 is 0. The Morgan fingerprint density at radius 1 is 0.639 bits per heavy atom. The van der Waals surface area contributed by atoms with Crippen molar-refractivity contribution in [3.8, 4) is 11.4 Å². The molecule has 10 heteroatoms. The van der Waals surface area contributed by atoms with Gasteiger partial charge in [0.2, 0.25) is 0 Å². The molecule has 8 nitrogen and oxygen atoms in total. The Morgan fingerprint density at radius 2 is 1.03 bits per heavy atom. The first kappa shape index (κ1) is 24.8. The lowest BCUT2D eigenvalue weighted by molar-refractivity contribution is -0.698. The number of imidazole rings is 2. The second-order valence-electron chi connectivity index (χ2n) is 8.30. The third kappa shape index (κ3) is 5.83. The summed E-state index contributed by atoms with van der Waals surface area (Å²) in [5, 5.41) is 24.6. The summed E-state index contributed by atoms with van der Waals surface area (Å²) in [5.74, 6) is 0.763. The van der Waals surface area contributed by atoms with Crippen LogP contribution >= 0.6 is 0 Å². The molecule has 2 aromatic heterocycles. The second kappa shape index (κ2) is 11.9. The molecule has 36 heavy (non-hydrogen) atoms. The van der Waals surface area contributed by atoms with Gasteiger partial charge >= 0.3 is 11.6 Å². The first-order chi connectivity index (χ1) is 17.6. The molecule has 2 aromatic carbocycles. The van der Waals surface area contributed by atoms with Crippen LogP contribution in [0.15, 0.2) is 83.6 Å². The summed E-state index contributed by atoms with van der Waals surface area (Å²) in [5.41, 5.74) is 1.55. The molecule has 0 atom stereocenters. The number of hydrogen-bond acceptors (Lipinski definition) is 4. The van der Waals surface area contributed by atoms with Crippen LogP contribution in [0, 0.1) is 11.6 Å². The molecule has 0 bridgehead atoms. The van der Waals surface area contributed by atoms with Crippen LogP contribution in [0.25, 0.3) is 11.4 Å². The number of rotatable bonds is 11. The van der Waals surface area contributed by atoms with Gasteiger partial charge in [-0.2, -0.15) is 9.13 Å². The van der Waals surface area contributed by atoms with Crippen LogP contribution in [0.4, 0.5) is 8.78 Å². The quantitative estimate of drug-likeness (QED) is 0.109. The van der Waals surface area contributed by atoms with E-state index in [-0.39, 0.29) is 11.6 Å². The summed E-state index contributed by atoms with van der Waals surface area (Å²) in [6, 6.07) is 12.3. The van der Waals surface area contributed by atoms with Gasteiger partial charge in [-0.15, -0.1) is 0 Å². The van der Waals surface area contributed by atoms with E-state index < -0.39 is 0 Å². The molecule has 4 rings (SSSR count). The van der Waals surface area contributed by atoms with Crippen LogP contribution in [0.1, 0.15) is 37.3 Å². The highest BCUT2D eigenvalue weighted by molar-refractivity contribution is 5.74.